The molecule has 0 saturated heterocycles. The van der Waals surface area contributed by atoms with Crippen molar-refractivity contribution in [2.45, 2.75) is 6.54 Å². The average Bonchev–Trinajstić information content (AvgIpc) is 2.48. The number of fused-ring (bicyclic) bond motifs is 1. The number of hydrogen-bond donors (Lipinski definition) is 0. The molecule has 102 valence electrons. The maximum Gasteiger partial charge on any atom is 0.176 e. The molecule has 0 aliphatic heterocycles. The van der Waals surface area contributed by atoms with Crippen molar-refractivity contribution in [2.75, 3.05) is 7.11 Å². The van der Waals surface area contributed by atoms with Crippen LogP contribution in [0.2, 0.25) is 0 Å². The van der Waals surface area contributed by atoms with Crippen LogP contribution in [-0.4, -0.2) is 7.11 Å². The fourth-order valence-electron chi connectivity index (χ4n) is 2.22. The molecule has 3 heteroatoms. The normalized spacial score (nSPS) is 10.1. The van der Waals surface area contributed by atoms with Crippen LogP contribution in [0.25, 0.3) is 10.8 Å². The van der Waals surface area contributed by atoms with Gasteiger partial charge in [0.2, 0.25) is 0 Å². The Morgan fingerprint density at radius 3 is 2.30 bits per heavy atom. The number of hydrogen-bond acceptors (Lipinski definition) is 1. The molecule has 3 aromatic rings. The fraction of sp³-hybridized carbons (Fsp3) is 0.118. The lowest BCUT2D eigenvalue weighted by Gasteiger charge is -2.02. The third-order valence-corrected chi connectivity index (χ3v) is 3.27. The molecule has 0 unspecified atom stereocenters. The van der Waals surface area contributed by atoms with Gasteiger partial charge in [-0.25, -0.2) is 4.57 Å². The van der Waals surface area contributed by atoms with E-state index in [0.717, 1.165) is 12.3 Å². The van der Waals surface area contributed by atoms with Crippen molar-refractivity contribution in [2.24, 2.45) is 0 Å². The Labute approximate surface area is 125 Å². The molecule has 0 atom stereocenters. The number of halogens is 1. The number of rotatable bonds is 3. The van der Waals surface area contributed by atoms with Crippen LogP contribution >= 0.6 is 0 Å². The van der Waals surface area contributed by atoms with Gasteiger partial charge >= 0.3 is 0 Å². The van der Waals surface area contributed by atoms with Gasteiger partial charge in [0, 0.05) is 17.0 Å². The third kappa shape index (κ3) is 3.09. The Balaban J connectivity index is 0.00000147. The van der Waals surface area contributed by atoms with Crippen molar-refractivity contribution in [1.29, 1.82) is 0 Å². The lowest BCUT2D eigenvalue weighted by Crippen LogP contribution is -3.00. The molecule has 0 aliphatic carbocycles. The zero-order valence-electron chi connectivity index (χ0n) is 11.3. The summed E-state index contributed by atoms with van der Waals surface area (Å²) < 4.78 is 7.37. The van der Waals surface area contributed by atoms with Crippen LogP contribution in [0.1, 0.15) is 5.56 Å². The molecule has 0 amide bonds. The summed E-state index contributed by atoms with van der Waals surface area (Å²) in [6.07, 6.45) is 4.30. The van der Waals surface area contributed by atoms with Crippen LogP contribution in [0.3, 0.4) is 0 Å². The molecule has 0 saturated carbocycles. The van der Waals surface area contributed by atoms with Crippen molar-refractivity contribution in [3.05, 3.63) is 72.6 Å². The number of nitrogens with zero attached hydrogens (tertiary/aromatic N) is 1. The van der Waals surface area contributed by atoms with Crippen molar-refractivity contribution < 1.29 is 21.7 Å². The van der Waals surface area contributed by atoms with E-state index < -0.39 is 0 Å². The second-order valence-electron chi connectivity index (χ2n) is 4.59. The Hall–Kier alpha value is -2.06. The highest BCUT2D eigenvalue weighted by Crippen LogP contribution is 2.12. The summed E-state index contributed by atoms with van der Waals surface area (Å²) >= 11 is 0. The van der Waals surface area contributed by atoms with E-state index in [9.17, 15) is 0 Å². The van der Waals surface area contributed by atoms with Gasteiger partial charge in [0.15, 0.2) is 18.9 Å². The maximum absolute atomic E-state index is 5.17. The third-order valence-electron chi connectivity index (χ3n) is 3.27. The zero-order valence-corrected chi connectivity index (χ0v) is 12.0. The SMILES string of the molecule is COc1ccc(C[n+]2ccc3ccccc3c2)cc1.[Cl-]. The molecule has 0 bridgehead atoms. The summed E-state index contributed by atoms with van der Waals surface area (Å²) in [5, 5.41) is 2.53. The van der Waals surface area contributed by atoms with E-state index in [0.29, 0.717) is 0 Å². The largest absolute Gasteiger partial charge is 1.00 e. The zero-order chi connectivity index (χ0) is 13.1. The van der Waals surface area contributed by atoms with Crippen LogP contribution in [0.15, 0.2) is 67.0 Å². The van der Waals surface area contributed by atoms with Gasteiger partial charge in [0.05, 0.1) is 7.11 Å². The molecular formula is C17H16ClNO. The van der Waals surface area contributed by atoms with E-state index in [1.165, 1.54) is 16.3 Å². The summed E-state index contributed by atoms with van der Waals surface area (Å²) in [6, 6.07) is 18.7. The lowest BCUT2D eigenvalue weighted by atomic mass is 10.1. The van der Waals surface area contributed by atoms with E-state index in [-0.39, 0.29) is 12.4 Å². The van der Waals surface area contributed by atoms with E-state index in [2.05, 4.69) is 59.4 Å². The first kappa shape index (κ1) is 14.4. The van der Waals surface area contributed by atoms with Crippen molar-refractivity contribution in [3.8, 4) is 5.75 Å². The number of aromatic nitrogens is 1. The predicted octanol–water partition coefficient (Wildman–Crippen LogP) is 0.188. The highest BCUT2D eigenvalue weighted by Gasteiger charge is 2.04. The molecule has 1 aromatic heterocycles. The second kappa shape index (κ2) is 6.40. The van der Waals surface area contributed by atoms with Crippen LogP contribution < -0.4 is 21.7 Å². The van der Waals surface area contributed by atoms with Crippen LogP contribution in [-0.2, 0) is 6.54 Å². The molecule has 1 heterocycles. The summed E-state index contributed by atoms with van der Waals surface area (Å²) in [7, 11) is 1.69. The fourth-order valence-corrected chi connectivity index (χ4v) is 2.22. The summed E-state index contributed by atoms with van der Waals surface area (Å²) in [4.78, 5) is 0. The second-order valence-corrected chi connectivity index (χ2v) is 4.59. The van der Waals surface area contributed by atoms with Gasteiger partial charge in [0.1, 0.15) is 5.75 Å². The lowest BCUT2D eigenvalue weighted by molar-refractivity contribution is -0.687. The first-order valence-electron chi connectivity index (χ1n) is 6.36. The molecule has 3 rings (SSSR count). The van der Waals surface area contributed by atoms with Gasteiger partial charge in [-0.3, -0.25) is 0 Å². The maximum atomic E-state index is 5.17. The van der Waals surface area contributed by atoms with Crippen LogP contribution in [0, 0.1) is 0 Å². The van der Waals surface area contributed by atoms with Crippen LogP contribution in [0.4, 0.5) is 0 Å². The monoisotopic (exact) mass is 285 g/mol. The molecule has 0 spiro atoms. The van der Waals surface area contributed by atoms with Crippen molar-refractivity contribution >= 4 is 10.8 Å². The minimum Gasteiger partial charge on any atom is -1.00 e. The van der Waals surface area contributed by atoms with Crippen molar-refractivity contribution in [3.63, 3.8) is 0 Å². The first-order valence-corrected chi connectivity index (χ1v) is 6.36. The Morgan fingerprint density at radius 1 is 0.900 bits per heavy atom. The number of pyridine rings is 1. The Kier molecular flexibility index (Phi) is 4.59. The molecule has 0 N–H and O–H groups in total. The Bertz CT molecular complexity index is 695. The minimum absolute atomic E-state index is 0. The van der Waals surface area contributed by atoms with Crippen LogP contribution in [0.5, 0.6) is 5.75 Å². The van der Waals surface area contributed by atoms with E-state index in [1.54, 1.807) is 7.11 Å². The van der Waals surface area contributed by atoms with Crippen molar-refractivity contribution in [1.82, 2.24) is 0 Å². The summed E-state index contributed by atoms with van der Waals surface area (Å²) in [5.74, 6) is 0.896. The highest BCUT2D eigenvalue weighted by molar-refractivity contribution is 5.80. The van der Waals surface area contributed by atoms with E-state index >= 15 is 0 Å². The van der Waals surface area contributed by atoms with Gasteiger partial charge in [-0.05, 0) is 35.7 Å². The first-order chi connectivity index (χ1) is 9.35. The van der Waals surface area contributed by atoms with E-state index in [4.69, 9.17) is 4.74 Å². The molecular weight excluding hydrogens is 270 g/mol. The number of ether oxygens (including phenoxy) is 1. The summed E-state index contributed by atoms with van der Waals surface area (Å²) in [5.41, 5.74) is 1.26. The smallest absolute Gasteiger partial charge is 0.176 e. The summed E-state index contributed by atoms with van der Waals surface area (Å²) in [6.45, 7) is 0.870. The Morgan fingerprint density at radius 2 is 1.60 bits per heavy atom. The minimum atomic E-state index is 0. The van der Waals surface area contributed by atoms with Gasteiger partial charge < -0.3 is 17.1 Å². The molecule has 2 aromatic carbocycles. The van der Waals surface area contributed by atoms with Gasteiger partial charge in [-0.1, -0.05) is 18.2 Å². The van der Waals surface area contributed by atoms with Gasteiger partial charge in [-0.2, -0.15) is 0 Å². The highest BCUT2D eigenvalue weighted by atomic mass is 35.5. The predicted molar refractivity (Wildman–Crippen MR) is 76.2 cm³/mol. The number of methoxy groups -OCH3 is 1. The standard InChI is InChI=1S/C17H16NO.ClH/c1-19-17-8-6-14(7-9-17)12-18-11-10-15-4-2-3-5-16(15)13-18;/h2-11,13H,12H2,1H3;1H/q+1;/p-1. The molecule has 0 radical (unpaired) electrons. The average molecular weight is 286 g/mol. The molecule has 2 nitrogen and oxygen atoms in total. The van der Waals surface area contributed by atoms with Gasteiger partial charge in [0.25, 0.3) is 0 Å². The molecule has 0 fully saturated rings. The quantitative estimate of drug-likeness (QED) is 0.626. The number of benzene rings is 2. The molecule has 20 heavy (non-hydrogen) atoms. The van der Waals surface area contributed by atoms with E-state index in [1.807, 2.05) is 12.1 Å². The van der Waals surface area contributed by atoms with Gasteiger partial charge in [-0.15, -0.1) is 0 Å². The topological polar surface area (TPSA) is 13.1 Å². The molecule has 0 aliphatic rings.